The molecule has 0 spiro atoms. The number of halogens is 3. The molecule has 0 aliphatic heterocycles. The third-order valence-electron chi connectivity index (χ3n) is 4.12. The Kier molecular flexibility index (Phi) is 5.54. The average Bonchev–Trinajstić information content (AvgIpc) is 3.01. The highest BCUT2D eigenvalue weighted by atomic mass is 28.4. The van der Waals surface area contributed by atoms with Gasteiger partial charge in [0.2, 0.25) is 0 Å². The van der Waals surface area contributed by atoms with E-state index in [1.165, 1.54) is 6.07 Å². The molecule has 6 nitrogen and oxygen atoms in total. The molecule has 1 aliphatic rings. The summed E-state index contributed by atoms with van der Waals surface area (Å²) in [6.07, 6.45) is -6.22. The van der Waals surface area contributed by atoms with E-state index in [4.69, 9.17) is 9.16 Å². The lowest BCUT2D eigenvalue weighted by Gasteiger charge is -2.38. The van der Waals surface area contributed by atoms with E-state index >= 15 is 0 Å². The van der Waals surface area contributed by atoms with Crippen LogP contribution in [0.1, 0.15) is 48.9 Å². The zero-order valence-corrected chi connectivity index (χ0v) is 18.1. The van der Waals surface area contributed by atoms with Crippen molar-refractivity contribution in [1.82, 2.24) is 4.57 Å². The second kappa shape index (κ2) is 6.91. The van der Waals surface area contributed by atoms with Crippen LogP contribution in [0.4, 0.5) is 18.0 Å². The largest absolute Gasteiger partial charge is 0.464 e. The van der Waals surface area contributed by atoms with Crippen LogP contribution in [0.25, 0.3) is 0 Å². The number of fused-ring (bicyclic) bond motifs is 1. The van der Waals surface area contributed by atoms with Crippen LogP contribution in [0.3, 0.4) is 0 Å². The summed E-state index contributed by atoms with van der Waals surface area (Å²) in [6.45, 7) is 9.67. The molecule has 0 saturated carbocycles. The number of methoxy groups -OCH3 is 1. The molecule has 0 amide bonds. The van der Waals surface area contributed by atoms with Gasteiger partial charge in [0.25, 0.3) is 0 Å². The van der Waals surface area contributed by atoms with Gasteiger partial charge in [-0.1, -0.05) is 0 Å². The number of rotatable bonds is 3. The number of hydrogen-bond donors (Lipinski definition) is 0. The van der Waals surface area contributed by atoms with Crippen molar-refractivity contribution in [2.75, 3.05) is 7.11 Å². The number of carbonyl (C=O) groups is 2. The quantitative estimate of drug-likeness (QED) is 0.527. The van der Waals surface area contributed by atoms with E-state index in [0.717, 1.165) is 7.11 Å². The van der Waals surface area contributed by atoms with Crippen molar-refractivity contribution in [1.29, 1.82) is 0 Å². The number of carbonyl (C=O) groups excluding carboxylic acids is 2. The molecule has 1 aromatic heterocycles. The average molecular weight is 421 g/mol. The first-order valence-electron chi connectivity index (χ1n) is 8.86. The van der Waals surface area contributed by atoms with Gasteiger partial charge >= 0.3 is 18.2 Å². The van der Waals surface area contributed by atoms with Crippen molar-refractivity contribution in [3.05, 3.63) is 23.0 Å². The minimum Gasteiger partial charge on any atom is -0.464 e. The van der Waals surface area contributed by atoms with Gasteiger partial charge in [-0.05, 0) is 64.9 Å². The molecule has 2 rings (SSSR count). The number of esters is 1. The maximum absolute atomic E-state index is 14.3. The summed E-state index contributed by atoms with van der Waals surface area (Å²) in [5.74, 6) is -0.927. The number of aromatic nitrogens is 1. The van der Waals surface area contributed by atoms with Crippen molar-refractivity contribution in [2.45, 2.75) is 70.6 Å². The molecule has 0 N–H and O–H groups in total. The molecule has 0 bridgehead atoms. The minimum absolute atomic E-state index is 0.0130. The standard InChI is InChI=1S/C18H26F3NO5Si/c1-16(2,3)26-15(24)22-12(14(23)25-4)10-11-8-9-17(13(11)22,18(19,20)21)27-28(5,6)7/h10H,8-9H2,1-7H3. The molecule has 1 unspecified atom stereocenters. The zero-order valence-electron chi connectivity index (χ0n) is 17.1. The summed E-state index contributed by atoms with van der Waals surface area (Å²) in [5.41, 5.74) is -4.13. The Labute approximate surface area is 163 Å². The summed E-state index contributed by atoms with van der Waals surface area (Å²) < 4.78 is 59.2. The molecular weight excluding hydrogens is 395 g/mol. The fourth-order valence-corrected chi connectivity index (χ4v) is 4.69. The van der Waals surface area contributed by atoms with Crippen LogP contribution in [0.15, 0.2) is 6.07 Å². The van der Waals surface area contributed by atoms with Gasteiger partial charge in [0.05, 0.1) is 12.8 Å². The first-order valence-corrected chi connectivity index (χ1v) is 12.3. The van der Waals surface area contributed by atoms with Crippen LogP contribution in [-0.4, -0.2) is 43.8 Å². The summed E-state index contributed by atoms with van der Waals surface area (Å²) in [5, 5.41) is 0. The molecular formula is C18H26F3NO5Si. The first-order chi connectivity index (χ1) is 12.5. The smallest absolute Gasteiger partial charge is 0.422 e. The molecule has 10 heteroatoms. The molecule has 158 valence electrons. The van der Waals surface area contributed by atoms with Crippen LogP contribution in [-0.2, 0) is 25.9 Å². The second-order valence-electron chi connectivity index (χ2n) is 8.75. The van der Waals surface area contributed by atoms with Gasteiger partial charge in [0.1, 0.15) is 11.3 Å². The number of alkyl halides is 3. The SMILES string of the molecule is COC(=O)c1cc2c(n1C(=O)OC(C)(C)C)C(O[Si](C)(C)C)(C(F)(F)F)CC2. The van der Waals surface area contributed by atoms with Crippen LogP contribution >= 0.6 is 0 Å². The van der Waals surface area contributed by atoms with Gasteiger partial charge in [0.15, 0.2) is 13.9 Å². The summed E-state index contributed by atoms with van der Waals surface area (Å²) >= 11 is 0. The van der Waals surface area contributed by atoms with Crippen molar-refractivity contribution in [3.63, 3.8) is 0 Å². The van der Waals surface area contributed by atoms with Crippen molar-refractivity contribution < 1.29 is 36.7 Å². The lowest BCUT2D eigenvalue weighted by atomic mass is 10.0. The third kappa shape index (κ3) is 4.12. The molecule has 1 atom stereocenters. The van der Waals surface area contributed by atoms with Crippen molar-refractivity contribution in [3.8, 4) is 0 Å². The second-order valence-corrected chi connectivity index (χ2v) is 13.2. The van der Waals surface area contributed by atoms with Crippen LogP contribution < -0.4 is 0 Å². The summed E-state index contributed by atoms with van der Waals surface area (Å²) in [6, 6.07) is 1.26. The monoisotopic (exact) mass is 421 g/mol. The Bertz CT molecular complexity index is 789. The summed E-state index contributed by atoms with van der Waals surface area (Å²) in [7, 11) is -1.61. The molecule has 0 fully saturated rings. The number of ether oxygens (including phenoxy) is 2. The summed E-state index contributed by atoms with van der Waals surface area (Å²) in [4.78, 5) is 25.0. The van der Waals surface area contributed by atoms with Crippen LogP contribution in [0.5, 0.6) is 0 Å². The molecule has 1 aromatic rings. The van der Waals surface area contributed by atoms with Crippen LogP contribution in [0, 0.1) is 0 Å². The van der Waals surface area contributed by atoms with Gasteiger partial charge < -0.3 is 13.9 Å². The number of aryl methyl sites for hydroxylation is 1. The van der Waals surface area contributed by atoms with E-state index < -0.39 is 43.5 Å². The highest BCUT2D eigenvalue weighted by Crippen LogP contribution is 2.53. The number of nitrogens with zero attached hydrogens (tertiary/aromatic N) is 1. The Hall–Kier alpha value is -1.81. The van der Waals surface area contributed by atoms with E-state index in [1.54, 1.807) is 40.4 Å². The maximum Gasteiger partial charge on any atom is 0.422 e. The Balaban J connectivity index is 2.79. The maximum atomic E-state index is 14.3. The first kappa shape index (κ1) is 22.5. The Morgan fingerprint density at radius 1 is 1.18 bits per heavy atom. The molecule has 1 aliphatic carbocycles. The predicted octanol–water partition coefficient (Wildman–Crippen LogP) is 4.61. The Morgan fingerprint density at radius 3 is 2.18 bits per heavy atom. The Morgan fingerprint density at radius 2 is 1.75 bits per heavy atom. The van der Waals surface area contributed by atoms with Gasteiger partial charge in [0, 0.05) is 0 Å². The predicted molar refractivity (Wildman–Crippen MR) is 97.9 cm³/mol. The lowest BCUT2D eigenvalue weighted by molar-refractivity contribution is -0.259. The fourth-order valence-electron chi connectivity index (χ4n) is 3.33. The van der Waals surface area contributed by atoms with E-state index in [9.17, 15) is 22.8 Å². The van der Waals surface area contributed by atoms with Crippen LogP contribution in [0.2, 0.25) is 19.6 Å². The molecule has 28 heavy (non-hydrogen) atoms. The topological polar surface area (TPSA) is 66.8 Å². The molecule has 0 saturated heterocycles. The highest BCUT2D eigenvalue weighted by molar-refractivity contribution is 6.69. The van der Waals surface area contributed by atoms with Crippen molar-refractivity contribution >= 4 is 20.4 Å². The normalized spacial score (nSPS) is 20.1. The zero-order chi connectivity index (χ0) is 21.7. The third-order valence-corrected chi connectivity index (χ3v) is 5.08. The minimum atomic E-state index is -4.79. The molecule has 1 heterocycles. The van der Waals surface area contributed by atoms with Crippen molar-refractivity contribution in [2.24, 2.45) is 0 Å². The van der Waals surface area contributed by atoms with E-state index in [0.29, 0.717) is 4.57 Å². The fraction of sp³-hybridized carbons (Fsp3) is 0.667. The van der Waals surface area contributed by atoms with Gasteiger partial charge in [-0.15, -0.1) is 0 Å². The number of hydrogen-bond acceptors (Lipinski definition) is 5. The van der Waals surface area contributed by atoms with Gasteiger partial charge in [-0.3, -0.25) is 0 Å². The van der Waals surface area contributed by atoms with E-state index in [1.807, 2.05) is 0 Å². The van der Waals surface area contributed by atoms with Gasteiger partial charge in [-0.2, -0.15) is 13.2 Å². The molecule has 0 aromatic carbocycles. The van der Waals surface area contributed by atoms with E-state index in [-0.39, 0.29) is 24.1 Å². The highest BCUT2D eigenvalue weighted by Gasteiger charge is 2.64. The lowest BCUT2D eigenvalue weighted by Crippen LogP contribution is -2.51. The van der Waals surface area contributed by atoms with Gasteiger partial charge in [-0.25, -0.2) is 14.2 Å². The molecule has 0 radical (unpaired) electrons. The van der Waals surface area contributed by atoms with E-state index in [2.05, 4.69) is 4.74 Å².